The predicted molar refractivity (Wildman–Crippen MR) is 102 cm³/mol. The molecular weight excluding hydrogens is 369 g/mol. The lowest BCUT2D eigenvalue weighted by Gasteiger charge is -2.18. The van der Waals surface area contributed by atoms with E-state index in [4.69, 9.17) is 5.73 Å². The molecule has 25 heavy (non-hydrogen) atoms. The molecule has 1 atom stereocenters. The molecule has 140 valence electrons. The van der Waals surface area contributed by atoms with E-state index in [0.29, 0.717) is 18.0 Å². The summed E-state index contributed by atoms with van der Waals surface area (Å²) in [5, 5.41) is 3.09. The van der Waals surface area contributed by atoms with Gasteiger partial charge in [-0.05, 0) is 30.9 Å². The quantitative estimate of drug-likeness (QED) is 0.599. The Bertz CT molecular complexity index is 847. The maximum Gasteiger partial charge on any atom is 0.327 e. The number of carbonyl (C=O) groups is 1. The van der Waals surface area contributed by atoms with E-state index in [2.05, 4.69) is 20.3 Å². The van der Waals surface area contributed by atoms with E-state index in [1.165, 1.54) is 6.07 Å². The molecule has 8 nitrogen and oxygen atoms in total. The minimum atomic E-state index is -0.661. The standard InChI is InChI=1S/C15H21N5O3.2ClH/c1-7(2)4-9(6-16)17-13(21)10-5-8(3)11-12(18-10)19-15(23)20-14(11)22;;/h5,7,9H,4,6,16H2,1-3H3,(H,17,21)(H2,18,19,20,22,23);2*1H. The van der Waals surface area contributed by atoms with Crippen LogP contribution in [-0.2, 0) is 0 Å². The number of nitrogens with one attached hydrogen (secondary N) is 3. The summed E-state index contributed by atoms with van der Waals surface area (Å²) in [4.78, 5) is 44.2. The minimum Gasteiger partial charge on any atom is -0.347 e. The van der Waals surface area contributed by atoms with Crippen molar-refractivity contribution in [2.24, 2.45) is 11.7 Å². The molecule has 2 aromatic rings. The number of halogens is 2. The number of nitrogens with two attached hydrogens (primary N) is 1. The van der Waals surface area contributed by atoms with Crippen LogP contribution in [0.5, 0.6) is 0 Å². The molecule has 0 aliphatic rings. The Morgan fingerprint density at radius 3 is 2.48 bits per heavy atom. The summed E-state index contributed by atoms with van der Waals surface area (Å²) < 4.78 is 0. The van der Waals surface area contributed by atoms with Crippen LogP contribution in [0.1, 0.15) is 36.3 Å². The smallest absolute Gasteiger partial charge is 0.327 e. The van der Waals surface area contributed by atoms with Crippen molar-refractivity contribution in [2.75, 3.05) is 6.54 Å². The van der Waals surface area contributed by atoms with Gasteiger partial charge in [0, 0.05) is 12.6 Å². The summed E-state index contributed by atoms with van der Waals surface area (Å²) in [5.74, 6) is 0.0114. The zero-order valence-electron chi connectivity index (χ0n) is 14.2. The van der Waals surface area contributed by atoms with Crippen LogP contribution in [0.2, 0.25) is 0 Å². The van der Waals surface area contributed by atoms with Crippen molar-refractivity contribution in [2.45, 2.75) is 33.2 Å². The summed E-state index contributed by atoms with van der Waals surface area (Å²) in [5.41, 5.74) is 5.28. The Balaban J connectivity index is 0.00000288. The number of amides is 1. The third kappa shape index (κ3) is 5.55. The van der Waals surface area contributed by atoms with Gasteiger partial charge in [-0.25, -0.2) is 9.78 Å². The van der Waals surface area contributed by atoms with Gasteiger partial charge in [0.25, 0.3) is 11.5 Å². The highest BCUT2D eigenvalue weighted by Crippen LogP contribution is 2.11. The number of aryl methyl sites for hydroxylation is 1. The molecule has 2 aromatic heterocycles. The molecule has 0 spiro atoms. The topological polar surface area (TPSA) is 134 Å². The third-order valence-corrected chi connectivity index (χ3v) is 3.51. The van der Waals surface area contributed by atoms with E-state index < -0.39 is 11.2 Å². The lowest BCUT2D eigenvalue weighted by Crippen LogP contribution is -2.41. The molecule has 0 bridgehead atoms. The number of rotatable bonds is 5. The van der Waals surface area contributed by atoms with Gasteiger partial charge in [-0.2, -0.15) is 0 Å². The van der Waals surface area contributed by atoms with Crippen molar-refractivity contribution < 1.29 is 4.79 Å². The van der Waals surface area contributed by atoms with Crippen LogP contribution in [0, 0.1) is 12.8 Å². The number of nitrogens with zero attached hydrogens (tertiary/aromatic N) is 1. The van der Waals surface area contributed by atoms with Crippen molar-refractivity contribution in [1.29, 1.82) is 0 Å². The average molecular weight is 392 g/mol. The lowest BCUT2D eigenvalue weighted by molar-refractivity contribution is 0.0929. The van der Waals surface area contributed by atoms with Crippen LogP contribution >= 0.6 is 24.8 Å². The van der Waals surface area contributed by atoms with E-state index in [0.717, 1.165) is 6.42 Å². The molecule has 0 aliphatic carbocycles. The molecular formula is C15H23Cl2N5O3. The van der Waals surface area contributed by atoms with Gasteiger partial charge in [0.15, 0.2) is 0 Å². The fraction of sp³-hybridized carbons (Fsp3) is 0.467. The molecule has 2 rings (SSSR count). The van der Waals surface area contributed by atoms with Crippen molar-refractivity contribution in [1.82, 2.24) is 20.3 Å². The third-order valence-electron chi connectivity index (χ3n) is 3.51. The van der Waals surface area contributed by atoms with E-state index in [-0.39, 0.29) is 53.5 Å². The molecule has 0 aliphatic heterocycles. The Morgan fingerprint density at radius 2 is 1.92 bits per heavy atom. The van der Waals surface area contributed by atoms with Crippen LogP contribution in [0.4, 0.5) is 0 Å². The van der Waals surface area contributed by atoms with E-state index in [9.17, 15) is 14.4 Å². The first-order chi connectivity index (χ1) is 10.8. The maximum absolute atomic E-state index is 12.4. The summed E-state index contributed by atoms with van der Waals surface area (Å²) in [6, 6.07) is 1.37. The molecule has 0 fully saturated rings. The predicted octanol–water partition coefficient (Wildman–Crippen LogP) is 0.867. The molecule has 0 radical (unpaired) electrons. The second kappa shape index (κ2) is 9.55. The van der Waals surface area contributed by atoms with E-state index in [1.807, 2.05) is 13.8 Å². The first kappa shape index (κ1) is 23.1. The number of carbonyl (C=O) groups excluding carboxylic acids is 1. The molecule has 1 unspecified atom stereocenters. The van der Waals surface area contributed by atoms with Gasteiger partial charge in [-0.1, -0.05) is 13.8 Å². The maximum atomic E-state index is 12.4. The molecule has 10 heteroatoms. The van der Waals surface area contributed by atoms with Crippen molar-refractivity contribution >= 4 is 41.8 Å². The number of hydrogen-bond acceptors (Lipinski definition) is 5. The van der Waals surface area contributed by atoms with E-state index in [1.54, 1.807) is 6.92 Å². The van der Waals surface area contributed by atoms with Gasteiger partial charge < -0.3 is 11.1 Å². The normalized spacial score (nSPS) is 11.6. The fourth-order valence-corrected chi connectivity index (χ4v) is 2.51. The average Bonchev–Trinajstić information content (AvgIpc) is 2.44. The Hall–Kier alpha value is -1.90. The van der Waals surface area contributed by atoms with Gasteiger partial charge in [-0.3, -0.25) is 19.6 Å². The molecule has 0 aromatic carbocycles. The monoisotopic (exact) mass is 391 g/mol. The van der Waals surface area contributed by atoms with Crippen molar-refractivity contribution in [3.8, 4) is 0 Å². The fourth-order valence-electron chi connectivity index (χ4n) is 2.51. The Labute approximate surface area is 156 Å². The number of aromatic nitrogens is 3. The number of fused-ring (bicyclic) bond motifs is 1. The minimum absolute atomic E-state index is 0. The zero-order valence-corrected chi connectivity index (χ0v) is 15.8. The highest BCUT2D eigenvalue weighted by molar-refractivity contribution is 5.95. The van der Waals surface area contributed by atoms with Crippen molar-refractivity contribution in [3.05, 3.63) is 38.2 Å². The summed E-state index contributed by atoms with van der Waals surface area (Å²) in [6.45, 7) is 6.10. The number of pyridine rings is 1. The molecule has 1 amide bonds. The number of aromatic amines is 2. The number of hydrogen-bond donors (Lipinski definition) is 4. The summed E-state index contributed by atoms with van der Waals surface area (Å²) in [7, 11) is 0. The van der Waals surface area contributed by atoms with Crippen molar-refractivity contribution in [3.63, 3.8) is 0 Å². The van der Waals surface area contributed by atoms with Gasteiger partial charge in [-0.15, -0.1) is 24.8 Å². The first-order valence-corrected chi connectivity index (χ1v) is 7.46. The highest BCUT2D eigenvalue weighted by atomic mass is 35.5. The molecule has 0 saturated heterocycles. The van der Waals surface area contributed by atoms with Crippen LogP contribution in [0.3, 0.4) is 0 Å². The number of H-pyrrole nitrogens is 2. The van der Waals surface area contributed by atoms with Crippen LogP contribution in [0.25, 0.3) is 11.0 Å². The Morgan fingerprint density at radius 1 is 1.28 bits per heavy atom. The largest absolute Gasteiger partial charge is 0.347 e. The SMILES string of the molecule is Cc1cc(C(=O)NC(CN)CC(C)C)nc2[nH]c(=O)[nH]c(=O)c12.Cl.Cl. The molecule has 0 saturated carbocycles. The second-order valence-corrected chi connectivity index (χ2v) is 5.99. The van der Waals surface area contributed by atoms with Gasteiger partial charge >= 0.3 is 5.69 Å². The highest BCUT2D eigenvalue weighted by Gasteiger charge is 2.17. The van der Waals surface area contributed by atoms with Gasteiger partial charge in [0.2, 0.25) is 0 Å². The summed E-state index contributed by atoms with van der Waals surface area (Å²) in [6.07, 6.45) is 0.755. The zero-order chi connectivity index (χ0) is 17.1. The van der Waals surface area contributed by atoms with Crippen LogP contribution in [-0.4, -0.2) is 33.4 Å². The molecule has 2 heterocycles. The second-order valence-electron chi connectivity index (χ2n) is 5.99. The first-order valence-electron chi connectivity index (χ1n) is 7.46. The summed E-state index contributed by atoms with van der Waals surface area (Å²) >= 11 is 0. The molecule has 5 N–H and O–H groups in total. The van der Waals surface area contributed by atoms with Gasteiger partial charge in [0.1, 0.15) is 11.3 Å². The lowest BCUT2D eigenvalue weighted by atomic mass is 10.0. The van der Waals surface area contributed by atoms with Gasteiger partial charge in [0.05, 0.1) is 5.39 Å². The van der Waals surface area contributed by atoms with Crippen LogP contribution in [0.15, 0.2) is 15.7 Å². The Kier molecular flexibility index (Phi) is 8.82. The van der Waals surface area contributed by atoms with E-state index >= 15 is 0 Å². The van der Waals surface area contributed by atoms with Crippen LogP contribution < -0.4 is 22.3 Å².